The van der Waals surface area contributed by atoms with Crippen LogP contribution in [0.5, 0.6) is 0 Å². The number of anilines is 1. The predicted octanol–water partition coefficient (Wildman–Crippen LogP) is 5.36. The molecule has 6 heteroatoms. The summed E-state index contributed by atoms with van der Waals surface area (Å²) in [6.45, 7) is 5.90. The molecule has 0 aliphatic rings. The Kier molecular flexibility index (Phi) is 5.42. The van der Waals surface area contributed by atoms with Gasteiger partial charge in [-0.15, -0.1) is 0 Å². The number of aryl methyl sites for hydroxylation is 2. The summed E-state index contributed by atoms with van der Waals surface area (Å²) in [7, 11) is 0. The molecule has 0 saturated heterocycles. The van der Waals surface area contributed by atoms with Crippen molar-refractivity contribution in [2.24, 2.45) is 0 Å². The van der Waals surface area contributed by atoms with E-state index in [0.717, 1.165) is 27.0 Å². The number of Topliss-reactive ketones (excluding diaryl/α,β-unsaturated/α-hetero) is 1. The molecule has 0 radical (unpaired) electrons. The Balaban J connectivity index is 1.78. The predicted molar refractivity (Wildman–Crippen MR) is 120 cm³/mol. The van der Waals surface area contributed by atoms with Crippen LogP contribution in [0.3, 0.4) is 0 Å². The molecule has 1 amide bonds. The third-order valence-electron chi connectivity index (χ3n) is 4.99. The summed E-state index contributed by atoms with van der Waals surface area (Å²) < 4.78 is 1.08. The molecule has 2 aromatic heterocycles. The van der Waals surface area contributed by atoms with E-state index in [2.05, 4.69) is 18.0 Å². The first-order valence-corrected chi connectivity index (χ1v) is 10.4. The number of fused-ring (bicyclic) bond motifs is 1. The van der Waals surface area contributed by atoms with Crippen LogP contribution in [0.15, 0.2) is 60.8 Å². The van der Waals surface area contributed by atoms with E-state index < -0.39 is 0 Å². The number of hydrogen-bond donors (Lipinski definition) is 0. The summed E-state index contributed by atoms with van der Waals surface area (Å²) >= 11 is 1.51. The first-order chi connectivity index (χ1) is 14.4. The number of rotatable bonds is 5. The Labute approximate surface area is 179 Å². The number of carbonyl (C=O) groups is 2. The number of benzene rings is 2. The highest BCUT2D eigenvalue weighted by Gasteiger charge is 2.23. The SMILES string of the molecule is CC(=O)c1ccc(C(=O)N(Cc2ccccn2)c2nc3c(C)ccc(C)c3s2)cc1. The molecule has 0 saturated carbocycles. The van der Waals surface area contributed by atoms with Crippen LogP contribution in [0.1, 0.15) is 44.5 Å². The summed E-state index contributed by atoms with van der Waals surface area (Å²) in [5, 5.41) is 0.633. The standard InChI is InChI=1S/C24H21N3O2S/c1-15-7-8-16(2)22-21(15)26-24(30-22)27(14-20-6-4-5-13-25-20)23(29)19-11-9-18(10-12-19)17(3)28/h4-13H,14H2,1-3H3. The lowest BCUT2D eigenvalue weighted by molar-refractivity contribution is 0.0980. The van der Waals surface area contributed by atoms with Crippen LogP contribution in [0.25, 0.3) is 10.2 Å². The van der Waals surface area contributed by atoms with Gasteiger partial charge in [0, 0.05) is 17.3 Å². The van der Waals surface area contributed by atoms with Crippen molar-refractivity contribution >= 4 is 38.4 Å². The molecule has 0 fully saturated rings. The number of amides is 1. The lowest BCUT2D eigenvalue weighted by atomic mass is 10.1. The van der Waals surface area contributed by atoms with Gasteiger partial charge in [-0.05, 0) is 56.2 Å². The van der Waals surface area contributed by atoms with Crippen molar-refractivity contribution in [3.05, 3.63) is 88.7 Å². The number of ketones is 1. The Morgan fingerprint density at radius 3 is 2.27 bits per heavy atom. The number of thiazole rings is 1. The van der Waals surface area contributed by atoms with Crippen LogP contribution in [0.2, 0.25) is 0 Å². The van der Waals surface area contributed by atoms with E-state index in [1.807, 2.05) is 31.2 Å². The molecule has 2 aromatic carbocycles. The summed E-state index contributed by atoms with van der Waals surface area (Å²) in [5.74, 6) is -0.207. The Morgan fingerprint density at radius 1 is 0.933 bits per heavy atom. The maximum Gasteiger partial charge on any atom is 0.260 e. The molecule has 4 aromatic rings. The zero-order valence-corrected chi connectivity index (χ0v) is 17.9. The van der Waals surface area contributed by atoms with Gasteiger partial charge in [0.1, 0.15) is 0 Å². The van der Waals surface area contributed by atoms with E-state index in [9.17, 15) is 9.59 Å². The summed E-state index contributed by atoms with van der Waals surface area (Å²) in [5.41, 5.74) is 4.99. The van der Waals surface area contributed by atoms with Gasteiger partial charge in [-0.1, -0.05) is 41.7 Å². The van der Waals surface area contributed by atoms with Crippen molar-refractivity contribution in [3.8, 4) is 0 Å². The second-order valence-corrected chi connectivity index (χ2v) is 8.20. The Hall–Kier alpha value is -3.38. The van der Waals surface area contributed by atoms with Gasteiger partial charge < -0.3 is 0 Å². The lowest BCUT2D eigenvalue weighted by Gasteiger charge is -2.19. The van der Waals surface area contributed by atoms with Gasteiger partial charge in [-0.25, -0.2) is 4.98 Å². The largest absolute Gasteiger partial charge is 0.295 e. The first-order valence-electron chi connectivity index (χ1n) is 9.63. The van der Waals surface area contributed by atoms with E-state index in [4.69, 9.17) is 4.98 Å². The van der Waals surface area contributed by atoms with Gasteiger partial charge in [0.15, 0.2) is 10.9 Å². The molecule has 0 unspecified atom stereocenters. The highest BCUT2D eigenvalue weighted by molar-refractivity contribution is 7.22. The van der Waals surface area contributed by atoms with Crippen LogP contribution in [0.4, 0.5) is 5.13 Å². The van der Waals surface area contributed by atoms with Gasteiger partial charge in [-0.2, -0.15) is 0 Å². The van der Waals surface area contributed by atoms with Crippen molar-refractivity contribution in [1.29, 1.82) is 0 Å². The number of carbonyl (C=O) groups excluding carboxylic acids is 2. The summed E-state index contributed by atoms with van der Waals surface area (Å²) in [4.78, 5) is 35.9. The van der Waals surface area contributed by atoms with E-state index in [0.29, 0.717) is 22.8 Å². The van der Waals surface area contributed by atoms with Crippen LogP contribution in [-0.2, 0) is 6.54 Å². The molecule has 0 atom stereocenters. The Morgan fingerprint density at radius 2 is 1.63 bits per heavy atom. The summed E-state index contributed by atoms with van der Waals surface area (Å²) in [6.07, 6.45) is 1.71. The van der Waals surface area contributed by atoms with Gasteiger partial charge >= 0.3 is 0 Å². The fourth-order valence-electron chi connectivity index (χ4n) is 3.25. The van der Waals surface area contributed by atoms with Crippen molar-refractivity contribution in [3.63, 3.8) is 0 Å². The van der Waals surface area contributed by atoms with Crippen LogP contribution < -0.4 is 4.90 Å². The quantitative estimate of drug-likeness (QED) is 0.412. The number of pyridine rings is 1. The molecule has 0 bridgehead atoms. The van der Waals surface area contributed by atoms with Gasteiger partial charge in [0.25, 0.3) is 5.91 Å². The fourth-order valence-corrected chi connectivity index (χ4v) is 4.36. The minimum Gasteiger partial charge on any atom is -0.295 e. The Bertz CT molecular complexity index is 1190. The fraction of sp³-hybridized carbons (Fsp3) is 0.167. The van der Waals surface area contributed by atoms with E-state index in [1.165, 1.54) is 18.3 Å². The number of aromatic nitrogens is 2. The molecule has 30 heavy (non-hydrogen) atoms. The van der Waals surface area contributed by atoms with Gasteiger partial charge in [0.05, 0.1) is 22.5 Å². The third-order valence-corrected chi connectivity index (χ3v) is 6.21. The lowest BCUT2D eigenvalue weighted by Crippen LogP contribution is -2.30. The first kappa shape index (κ1) is 19.9. The van der Waals surface area contributed by atoms with Crippen molar-refractivity contribution < 1.29 is 9.59 Å². The topological polar surface area (TPSA) is 63.2 Å². The monoisotopic (exact) mass is 415 g/mol. The molecule has 0 spiro atoms. The minimum atomic E-state index is -0.176. The number of hydrogen-bond acceptors (Lipinski definition) is 5. The second kappa shape index (κ2) is 8.16. The smallest absolute Gasteiger partial charge is 0.260 e. The molecule has 2 heterocycles. The molecule has 150 valence electrons. The average molecular weight is 416 g/mol. The van der Waals surface area contributed by atoms with E-state index in [1.54, 1.807) is 35.4 Å². The van der Waals surface area contributed by atoms with Crippen LogP contribution in [-0.4, -0.2) is 21.7 Å². The maximum atomic E-state index is 13.5. The average Bonchev–Trinajstić information content (AvgIpc) is 3.21. The zero-order chi connectivity index (χ0) is 21.3. The maximum absolute atomic E-state index is 13.5. The van der Waals surface area contributed by atoms with Crippen LogP contribution in [0, 0.1) is 13.8 Å². The second-order valence-electron chi connectivity index (χ2n) is 7.22. The molecule has 0 N–H and O–H groups in total. The molecular formula is C24H21N3O2S. The normalized spacial score (nSPS) is 10.9. The molecule has 4 rings (SSSR count). The molecular weight excluding hydrogens is 394 g/mol. The van der Waals surface area contributed by atoms with Crippen molar-refractivity contribution in [2.45, 2.75) is 27.3 Å². The summed E-state index contributed by atoms with van der Waals surface area (Å²) in [6, 6.07) is 16.5. The highest BCUT2D eigenvalue weighted by Crippen LogP contribution is 2.34. The van der Waals surface area contributed by atoms with E-state index in [-0.39, 0.29) is 11.7 Å². The van der Waals surface area contributed by atoms with Crippen molar-refractivity contribution in [2.75, 3.05) is 4.90 Å². The van der Waals surface area contributed by atoms with E-state index >= 15 is 0 Å². The minimum absolute atomic E-state index is 0.0311. The molecule has 0 aliphatic carbocycles. The zero-order valence-electron chi connectivity index (χ0n) is 17.0. The highest BCUT2D eigenvalue weighted by atomic mass is 32.1. The molecule has 5 nitrogen and oxygen atoms in total. The van der Waals surface area contributed by atoms with Gasteiger partial charge in [0.2, 0.25) is 0 Å². The van der Waals surface area contributed by atoms with Gasteiger partial charge in [-0.3, -0.25) is 19.5 Å². The number of nitrogens with zero attached hydrogens (tertiary/aromatic N) is 3. The molecule has 0 aliphatic heterocycles. The van der Waals surface area contributed by atoms with Crippen LogP contribution >= 0.6 is 11.3 Å². The third kappa shape index (κ3) is 3.86. The van der Waals surface area contributed by atoms with Crippen molar-refractivity contribution in [1.82, 2.24) is 9.97 Å².